The molecule has 1 heterocycles. The Morgan fingerprint density at radius 2 is 2.04 bits per heavy atom. The Labute approximate surface area is 168 Å². The van der Waals surface area contributed by atoms with E-state index in [1.807, 2.05) is 24.3 Å². The van der Waals surface area contributed by atoms with Crippen LogP contribution in [-0.2, 0) is 4.79 Å². The smallest absolute Gasteiger partial charge is 0.285 e. The SMILES string of the molecule is COc1ccccc1C(=O)NN1C(=O)/C(=C/c2cccc(Br)c2)SC1=S. The number of hydrazine groups is 1. The summed E-state index contributed by atoms with van der Waals surface area (Å²) in [6.45, 7) is 0. The van der Waals surface area contributed by atoms with E-state index in [0.717, 1.165) is 26.8 Å². The van der Waals surface area contributed by atoms with Crippen LogP contribution in [0.3, 0.4) is 0 Å². The number of benzene rings is 2. The van der Waals surface area contributed by atoms with Gasteiger partial charge in [0.25, 0.3) is 11.8 Å². The van der Waals surface area contributed by atoms with Crippen LogP contribution in [0.2, 0.25) is 0 Å². The molecule has 0 atom stereocenters. The molecule has 26 heavy (non-hydrogen) atoms. The van der Waals surface area contributed by atoms with Crippen LogP contribution in [0.4, 0.5) is 0 Å². The van der Waals surface area contributed by atoms with Crippen LogP contribution >= 0.6 is 39.9 Å². The minimum Gasteiger partial charge on any atom is -0.496 e. The fourth-order valence-corrected chi connectivity index (χ4v) is 3.90. The Morgan fingerprint density at radius 3 is 2.77 bits per heavy atom. The van der Waals surface area contributed by atoms with Crippen LogP contribution in [-0.4, -0.2) is 28.3 Å². The summed E-state index contributed by atoms with van der Waals surface area (Å²) in [6.07, 6.45) is 1.74. The molecule has 5 nitrogen and oxygen atoms in total. The van der Waals surface area contributed by atoms with Gasteiger partial charge in [-0.3, -0.25) is 15.0 Å². The number of amides is 2. The molecule has 2 amide bonds. The van der Waals surface area contributed by atoms with Crippen LogP contribution in [0.1, 0.15) is 15.9 Å². The van der Waals surface area contributed by atoms with Gasteiger partial charge < -0.3 is 4.74 Å². The zero-order valence-corrected chi connectivity index (χ0v) is 16.8. The first-order chi connectivity index (χ1) is 12.5. The summed E-state index contributed by atoms with van der Waals surface area (Å²) >= 11 is 9.77. The number of methoxy groups -OCH3 is 1. The Hall–Kier alpha value is -2.16. The van der Waals surface area contributed by atoms with Gasteiger partial charge in [0.05, 0.1) is 17.6 Å². The van der Waals surface area contributed by atoms with Crippen LogP contribution < -0.4 is 10.2 Å². The molecule has 0 aliphatic carbocycles. The number of hydrogen-bond donors (Lipinski definition) is 1. The van der Waals surface area contributed by atoms with Crippen molar-refractivity contribution >= 4 is 62.1 Å². The van der Waals surface area contributed by atoms with E-state index in [-0.39, 0.29) is 10.2 Å². The fraction of sp³-hybridized carbons (Fsp3) is 0.0556. The normalized spacial score (nSPS) is 15.5. The molecule has 1 fully saturated rings. The van der Waals surface area contributed by atoms with Gasteiger partial charge in [0.15, 0.2) is 4.32 Å². The third kappa shape index (κ3) is 3.98. The van der Waals surface area contributed by atoms with Gasteiger partial charge in [0.1, 0.15) is 5.75 Å². The van der Waals surface area contributed by atoms with E-state index in [0.29, 0.717) is 16.2 Å². The highest BCUT2D eigenvalue weighted by Crippen LogP contribution is 2.32. The first-order valence-electron chi connectivity index (χ1n) is 7.47. The minimum atomic E-state index is -0.470. The average molecular weight is 449 g/mol. The van der Waals surface area contributed by atoms with E-state index in [4.69, 9.17) is 17.0 Å². The minimum absolute atomic E-state index is 0.263. The number of nitrogens with zero attached hydrogens (tertiary/aromatic N) is 1. The second-order valence-electron chi connectivity index (χ2n) is 5.21. The maximum absolute atomic E-state index is 12.6. The summed E-state index contributed by atoms with van der Waals surface area (Å²) in [5, 5.41) is 1.08. The monoisotopic (exact) mass is 448 g/mol. The molecule has 2 aromatic rings. The molecule has 0 spiro atoms. The lowest BCUT2D eigenvalue weighted by Gasteiger charge is -2.16. The molecular formula is C18H13BrN2O3S2. The molecule has 0 unspecified atom stereocenters. The van der Waals surface area contributed by atoms with Crippen molar-refractivity contribution in [1.29, 1.82) is 0 Å². The molecule has 0 radical (unpaired) electrons. The van der Waals surface area contributed by atoms with Gasteiger partial charge in [0, 0.05) is 4.47 Å². The highest BCUT2D eigenvalue weighted by Gasteiger charge is 2.34. The van der Waals surface area contributed by atoms with Crippen LogP contribution in [0.5, 0.6) is 5.75 Å². The topological polar surface area (TPSA) is 58.6 Å². The molecule has 1 N–H and O–H groups in total. The standard InChI is InChI=1S/C18H13BrN2O3S2/c1-24-14-8-3-2-7-13(14)16(22)20-21-17(23)15(26-18(21)25)10-11-5-4-6-12(19)9-11/h2-10H,1H3,(H,20,22)/b15-10-. The number of rotatable bonds is 4. The van der Waals surface area contributed by atoms with Gasteiger partial charge in [-0.25, -0.2) is 0 Å². The van der Waals surface area contributed by atoms with E-state index in [1.165, 1.54) is 7.11 Å². The zero-order valence-electron chi connectivity index (χ0n) is 13.6. The van der Waals surface area contributed by atoms with Crippen molar-refractivity contribution in [3.8, 4) is 5.75 Å². The highest BCUT2D eigenvalue weighted by molar-refractivity contribution is 9.10. The third-order valence-corrected chi connectivity index (χ3v) is 5.30. The molecule has 0 bridgehead atoms. The second kappa shape index (κ2) is 8.03. The molecule has 3 rings (SSSR count). The molecule has 1 aliphatic rings. The largest absolute Gasteiger partial charge is 0.496 e. The molecule has 1 aliphatic heterocycles. The van der Waals surface area contributed by atoms with Gasteiger partial charge in [-0.1, -0.05) is 52.0 Å². The maximum atomic E-state index is 12.6. The van der Waals surface area contributed by atoms with Gasteiger partial charge in [-0.2, -0.15) is 5.01 Å². The molecule has 8 heteroatoms. The predicted octanol–water partition coefficient (Wildman–Crippen LogP) is 4.00. The van der Waals surface area contributed by atoms with Crippen LogP contribution in [0.15, 0.2) is 57.9 Å². The summed E-state index contributed by atoms with van der Waals surface area (Å²) in [7, 11) is 1.48. The van der Waals surface area contributed by atoms with Gasteiger partial charge in [-0.05, 0) is 48.1 Å². The first-order valence-corrected chi connectivity index (χ1v) is 9.49. The highest BCUT2D eigenvalue weighted by atomic mass is 79.9. The van der Waals surface area contributed by atoms with E-state index in [9.17, 15) is 9.59 Å². The lowest BCUT2D eigenvalue weighted by molar-refractivity contribution is -0.123. The van der Waals surface area contributed by atoms with E-state index in [2.05, 4.69) is 21.4 Å². The Bertz CT molecular complexity index is 930. The molecule has 1 saturated heterocycles. The molecule has 132 valence electrons. The summed E-state index contributed by atoms with van der Waals surface area (Å²) in [5.74, 6) is -0.425. The molecule has 0 aromatic heterocycles. The molecule has 0 saturated carbocycles. The van der Waals surface area contributed by atoms with Crippen LogP contribution in [0.25, 0.3) is 6.08 Å². The van der Waals surface area contributed by atoms with Crippen molar-refractivity contribution in [2.45, 2.75) is 0 Å². The number of thiocarbonyl (C=S) groups is 1. The molecular weight excluding hydrogens is 436 g/mol. The lowest BCUT2D eigenvalue weighted by Crippen LogP contribution is -2.44. The summed E-state index contributed by atoms with van der Waals surface area (Å²) in [4.78, 5) is 25.6. The number of nitrogens with one attached hydrogen (secondary N) is 1. The lowest BCUT2D eigenvalue weighted by atomic mass is 10.2. The summed E-state index contributed by atoms with van der Waals surface area (Å²) < 4.78 is 6.35. The number of hydrogen-bond acceptors (Lipinski definition) is 5. The number of halogens is 1. The van der Waals surface area contributed by atoms with Gasteiger partial charge in [0.2, 0.25) is 0 Å². The van der Waals surface area contributed by atoms with Gasteiger partial charge >= 0.3 is 0 Å². The van der Waals surface area contributed by atoms with Crippen LogP contribution in [0, 0.1) is 0 Å². The third-order valence-electron chi connectivity index (χ3n) is 3.51. The molecule has 2 aromatic carbocycles. The number of ether oxygens (including phenoxy) is 1. The van der Waals surface area contributed by atoms with E-state index < -0.39 is 5.91 Å². The maximum Gasteiger partial charge on any atom is 0.285 e. The number of carbonyl (C=O) groups excluding carboxylic acids is 2. The van der Waals surface area contributed by atoms with Crippen molar-refractivity contribution in [2.75, 3.05) is 7.11 Å². The average Bonchev–Trinajstić information content (AvgIpc) is 2.89. The number of para-hydroxylation sites is 1. The van der Waals surface area contributed by atoms with E-state index >= 15 is 0 Å². The fourth-order valence-electron chi connectivity index (χ4n) is 2.31. The quantitative estimate of drug-likeness (QED) is 0.565. The van der Waals surface area contributed by atoms with Crippen molar-refractivity contribution in [3.63, 3.8) is 0 Å². The number of thioether (sulfide) groups is 1. The van der Waals surface area contributed by atoms with E-state index in [1.54, 1.807) is 30.3 Å². The Balaban J connectivity index is 1.80. The summed E-state index contributed by atoms with van der Waals surface area (Å²) in [5.41, 5.74) is 3.73. The van der Waals surface area contributed by atoms with Crippen molar-refractivity contribution < 1.29 is 14.3 Å². The second-order valence-corrected chi connectivity index (χ2v) is 7.80. The zero-order chi connectivity index (χ0) is 18.7. The van der Waals surface area contributed by atoms with Crippen molar-refractivity contribution in [2.24, 2.45) is 0 Å². The van der Waals surface area contributed by atoms with Crippen molar-refractivity contribution in [1.82, 2.24) is 10.4 Å². The van der Waals surface area contributed by atoms with Gasteiger partial charge in [-0.15, -0.1) is 0 Å². The van der Waals surface area contributed by atoms with Crippen molar-refractivity contribution in [3.05, 3.63) is 69.0 Å². The first kappa shape index (κ1) is 18.6. The summed E-state index contributed by atoms with van der Waals surface area (Å²) in [6, 6.07) is 14.3. The Morgan fingerprint density at radius 1 is 1.27 bits per heavy atom. The predicted molar refractivity (Wildman–Crippen MR) is 110 cm³/mol. The number of carbonyl (C=O) groups is 2. The Kier molecular flexibility index (Phi) is 5.75.